The Labute approximate surface area is 138 Å². The van der Waals surface area contributed by atoms with Crippen LogP contribution in [0.3, 0.4) is 0 Å². The molecule has 0 bridgehead atoms. The zero-order valence-corrected chi connectivity index (χ0v) is 14.7. The van der Waals surface area contributed by atoms with Gasteiger partial charge in [0.05, 0.1) is 0 Å². The first kappa shape index (κ1) is 18.3. The Kier molecular flexibility index (Phi) is 5.78. The second-order valence-electron chi connectivity index (χ2n) is 6.34. The summed E-state index contributed by atoms with van der Waals surface area (Å²) in [6, 6.07) is 6.28. The van der Waals surface area contributed by atoms with Crippen molar-refractivity contribution >= 4 is 10.2 Å². The van der Waals surface area contributed by atoms with Crippen LogP contribution in [0.25, 0.3) is 0 Å². The van der Waals surface area contributed by atoms with Crippen molar-refractivity contribution in [3.63, 3.8) is 0 Å². The molecule has 1 heterocycles. The van der Waals surface area contributed by atoms with Gasteiger partial charge in [0.25, 0.3) is 10.2 Å². The van der Waals surface area contributed by atoms with Gasteiger partial charge in [-0.2, -0.15) is 12.7 Å². The third kappa shape index (κ3) is 4.29. The molecule has 1 saturated heterocycles. The zero-order chi connectivity index (χ0) is 17.1. The first-order chi connectivity index (χ1) is 10.8. The van der Waals surface area contributed by atoms with E-state index in [2.05, 4.69) is 4.72 Å². The third-order valence-electron chi connectivity index (χ3n) is 4.59. The van der Waals surface area contributed by atoms with E-state index < -0.39 is 15.6 Å². The Morgan fingerprint density at radius 1 is 1.35 bits per heavy atom. The van der Waals surface area contributed by atoms with Crippen molar-refractivity contribution in [2.45, 2.75) is 38.1 Å². The van der Waals surface area contributed by atoms with Crippen LogP contribution in [0.15, 0.2) is 24.3 Å². The molecule has 1 aliphatic rings. The SMILES string of the molecule is CC(C)N(C)S(=O)(=O)NCC1(c2cccc(F)c2)CCOCC1. The molecule has 1 aliphatic heterocycles. The minimum atomic E-state index is -3.57. The van der Waals surface area contributed by atoms with Gasteiger partial charge in [-0.15, -0.1) is 0 Å². The summed E-state index contributed by atoms with van der Waals surface area (Å²) in [4.78, 5) is 0. The molecule has 2 rings (SSSR count). The van der Waals surface area contributed by atoms with E-state index in [4.69, 9.17) is 4.74 Å². The summed E-state index contributed by atoms with van der Waals surface area (Å²) in [5.41, 5.74) is 0.376. The summed E-state index contributed by atoms with van der Waals surface area (Å²) in [6.45, 7) is 4.95. The van der Waals surface area contributed by atoms with E-state index in [1.807, 2.05) is 19.9 Å². The van der Waals surface area contributed by atoms with E-state index in [1.54, 1.807) is 13.1 Å². The molecule has 1 aromatic carbocycles. The summed E-state index contributed by atoms with van der Waals surface area (Å²) >= 11 is 0. The number of nitrogens with one attached hydrogen (secondary N) is 1. The molecule has 0 unspecified atom stereocenters. The van der Waals surface area contributed by atoms with Gasteiger partial charge in [0.2, 0.25) is 0 Å². The van der Waals surface area contributed by atoms with Gasteiger partial charge in [-0.3, -0.25) is 0 Å². The third-order valence-corrected chi connectivity index (χ3v) is 6.28. The van der Waals surface area contributed by atoms with Crippen molar-refractivity contribution in [1.29, 1.82) is 0 Å². The molecule has 130 valence electrons. The molecule has 1 aromatic rings. The average Bonchev–Trinajstić information content (AvgIpc) is 2.53. The van der Waals surface area contributed by atoms with E-state index in [-0.39, 0.29) is 18.4 Å². The van der Waals surface area contributed by atoms with Gasteiger partial charge in [-0.05, 0) is 44.4 Å². The Morgan fingerprint density at radius 3 is 2.57 bits per heavy atom. The Hall–Kier alpha value is -1.02. The van der Waals surface area contributed by atoms with Gasteiger partial charge in [0.1, 0.15) is 5.82 Å². The molecule has 5 nitrogen and oxygen atoms in total. The highest BCUT2D eigenvalue weighted by atomic mass is 32.2. The first-order valence-corrected chi connectivity index (χ1v) is 9.27. The number of rotatable bonds is 6. The summed E-state index contributed by atoms with van der Waals surface area (Å²) in [5.74, 6) is -0.310. The predicted octanol–water partition coefficient (Wildman–Crippen LogP) is 2.05. The highest BCUT2D eigenvalue weighted by Gasteiger charge is 2.36. The summed E-state index contributed by atoms with van der Waals surface area (Å²) < 4.78 is 47.8. The largest absolute Gasteiger partial charge is 0.381 e. The van der Waals surface area contributed by atoms with Crippen molar-refractivity contribution in [2.75, 3.05) is 26.8 Å². The lowest BCUT2D eigenvalue weighted by Crippen LogP contribution is -2.49. The smallest absolute Gasteiger partial charge is 0.279 e. The normalized spacial score (nSPS) is 18.5. The highest BCUT2D eigenvalue weighted by molar-refractivity contribution is 7.87. The number of ether oxygens (including phenoxy) is 1. The lowest BCUT2D eigenvalue weighted by molar-refractivity contribution is 0.0514. The van der Waals surface area contributed by atoms with E-state index in [1.165, 1.54) is 16.4 Å². The first-order valence-electron chi connectivity index (χ1n) is 7.83. The van der Waals surface area contributed by atoms with E-state index >= 15 is 0 Å². The van der Waals surface area contributed by atoms with E-state index in [0.717, 1.165) is 5.56 Å². The van der Waals surface area contributed by atoms with E-state index in [0.29, 0.717) is 26.1 Å². The van der Waals surface area contributed by atoms with Crippen molar-refractivity contribution in [2.24, 2.45) is 0 Å². The quantitative estimate of drug-likeness (QED) is 0.859. The molecular weight excluding hydrogens is 319 g/mol. The maximum atomic E-state index is 13.6. The monoisotopic (exact) mass is 344 g/mol. The number of hydrogen-bond donors (Lipinski definition) is 1. The van der Waals surface area contributed by atoms with E-state index in [9.17, 15) is 12.8 Å². The van der Waals surface area contributed by atoms with Crippen LogP contribution in [0, 0.1) is 5.82 Å². The fraction of sp³-hybridized carbons (Fsp3) is 0.625. The van der Waals surface area contributed by atoms with Crippen LogP contribution in [0.2, 0.25) is 0 Å². The Balaban J connectivity index is 2.23. The zero-order valence-electron chi connectivity index (χ0n) is 13.9. The summed E-state index contributed by atoms with van der Waals surface area (Å²) in [7, 11) is -2.02. The molecule has 7 heteroatoms. The summed E-state index contributed by atoms with van der Waals surface area (Å²) in [6.07, 6.45) is 1.31. The van der Waals surface area contributed by atoms with Gasteiger partial charge in [0.15, 0.2) is 0 Å². The average molecular weight is 344 g/mol. The second kappa shape index (κ2) is 7.25. The number of nitrogens with zero attached hydrogens (tertiary/aromatic N) is 1. The molecule has 0 saturated carbocycles. The fourth-order valence-corrected chi connectivity index (χ4v) is 3.97. The van der Waals surface area contributed by atoms with Gasteiger partial charge in [-0.25, -0.2) is 9.11 Å². The molecule has 0 spiro atoms. The van der Waals surface area contributed by atoms with Crippen molar-refractivity contribution in [3.8, 4) is 0 Å². The van der Waals surface area contributed by atoms with Crippen LogP contribution in [-0.2, 0) is 20.4 Å². The molecule has 0 amide bonds. The number of benzene rings is 1. The minimum Gasteiger partial charge on any atom is -0.381 e. The van der Waals surface area contributed by atoms with Crippen LogP contribution >= 0.6 is 0 Å². The molecule has 1 N–H and O–H groups in total. The molecular formula is C16H25FN2O3S. The van der Waals surface area contributed by atoms with Gasteiger partial charge in [-0.1, -0.05) is 12.1 Å². The van der Waals surface area contributed by atoms with Crippen LogP contribution in [0.5, 0.6) is 0 Å². The number of hydrogen-bond acceptors (Lipinski definition) is 3. The Morgan fingerprint density at radius 2 is 2.00 bits per heavy atom. The lowest BCUT2D eigenvalue weighted by Gasteiger charge is -2.38. The highest BCUT2D eigenvalue weighted by Crippen LogP contribution is 2.34. The standard InChI is InChI=1S/C16H25FN2O3S/c1-13(2)19(3)23(20,21)18-12-16(7-9-22-10-8-16)14-5-4-6-15(17)11-14/h4-6,11,13,18H,7-10,12H2,1-3H3. The topological polar surface area (TPSA) is 58.6 Å². The van der Waals surface area contributed by atoms with Crippen LogP contribution in [-0.4, -0.2) is 45.6 Å². The predicted molar refractivity (Wildman–Crippen MR) is 88.0 cm³/mol. The van der Waals surface area contributed by atoms with Gasteiger partial charge in [0, 0.05) is 38.3 Å². The fourth-order valence-electron chi connectivity index (χ4n) is 2.76. The van der Waals surface area contributed by atoms with Gasteiger partial charge >= 0.3 is 0 Å². The molecule has 1 fully saturated rings. The molecule has 23 heavy (non-hydrogen) atoms. The maximum Gasteiger partial charge on any atom is 0.279 e. The van der Waals surface area contributed by atoms with Gasteiger partial charge < -0.3 is 4.74 Å². The molecule has 0 radical (unpaired) electrons. The van der Waals surface area contributed by atoms with Crippen molar-refractivity contribution in [1.82, 2.24) is 9.03 Å². The van der Waals surface area contributed by atoms with Crippen molar-refractivity contribution in [3.05, 3.63) is 35.6 Å². The minimum absolute atomic E-state index is 0.132. The van der Waals surface area contributed by atoms with Crippen LogP contribution < -0.4 is 4.72 Å². The number of halogens is 1. The lowest BCUT2D eigenvalue weighted by atomic mass is 9.74. The molecule has 0 atom stereocenters. The summed E-state index contributed by atoms with van der Waals surface area (Å²) in [5, 5.41) is 0. The second-order valence-corrected chi connectivity index (χ2v) is 8.15. The molecule has 0 aromatic heterocycles. The molecule has 0 aliphatic carbocycles. The van der Waals surface area contributed by atoms with Crippen molar-refractivity contribution < 1.29 is 17.5 Å². The maximum absolute atomic E-state index is 13.6. The van der Waals surface area contributed by atoms with Crippen LogP contribution in [0.4, 0.5) is 4.39 Å². The Bertz CT molecular complexity index is 628. The van der Waals surface area contributed by atoms with Crippen LogP contribution in [0.1, 0.15) is 32.3 Å².